The van der Waals surface area contributed by atoms with Crippen LogP contribution in [0.2, 0.25) is 0 Å². The molecule has 1 heterocycles. The predicted molar refractivity (Wildman–Crippen MR) is 91.7 cm³/mol. The van der Waals surface area contributed by atoms with Crippen LogP contribution in [0.1, 0.15) is 18.9 Å². The van der Waals surface area contributed by atoms with Gasteiger partial charge in [0, 0.05) is 38.4 Å². The molecule has 6 heteroatoms. The van der Waals surface area contributed by atoms with Crippen molar-refractivity contribution in [2.75, 3.05) is 44.2 Å². The molecule has 0 aromatic heterocycles. The van der Waals surface area contributed by atoms with Gasteiger partial charge in [0.15, 0.2) is 0 Å². The first kappa shape index (κ1) is 17.3. The topological polar surface area (TPSA) is 64.7 Å². The lowest BCUT2D eigenvalue weighted by Crippen LogP contribution is -2.51. The van der Waals surface area contributed by atoms with E-state index < -0.39 is 6.03 Å². The molecule has 1 aromatic rings. The molecule has 1 aliphatic rings. The van der Waals surface area contributed by atoms with Crippen molar-refractivity contribution in [1.82, 2.24) is 15.5 Å². The van der Waals surface area contributed by atoms with E-state index in [9.17, 15) is 9.59 Å². The summed E-state index contributed by atoms with van der Waals surface area (Å²) in [5.41, 5.74) is 2.48. The minimum absolute atomic E-state index is 0.248. The Morgan fingerprint density at radius 1 is 1.17 bits per heavy atom. The molecule has 0 radical (unpaired) electrons. The summed E-state index contributed by atoms with van der Waals surface area (Å²) in [7, 11) is 0. The fourth-order valence-electron chi connectivity index (χ4n) is 2.64. The maximum atomic E-state index is 11.9. The van der Waals surface area contributed by atoms with Crippen LogP contribution in [0.15, 0.2) is 24.3 Å². The minimum Gasteiger partial charge on any atom is -0.369 e. The smallest absolute Gasteiger partial charge is 0.321 e. The quantitative estimate of drug-likeness (QED) is 0.860. The van der Waals surface area contributed by atoms with E-state index in [-0.39, 0.29) is 12.5 Å². The van der Waals surface area contributed by atoms with Crippen molar-refractivity contribution in [3.05, 3.63) is 29.8 Å². The summed E-state index contributed by atoms with van der Waals surface area (Å²) in [6.07, 6.45) is 0.850. The lowest BCUT2D eigenvalue weighted by Gasteiger charge is -2.35. The fourth-order valence-corrected chi connectivity index (χ4v) is 2.64. The zero-order valence-electron chi connectivity index (χ0n) is 14.0. The molecule has 2 rings (SSSR count). The first-order valence-corrected chi connectivity index (χ1v) is 8.20. The average Bonchev–Trinajstić information content (AvgIpc) is 2.53. The van der Waals surface area contributed by atoms with Gasteiger partial charge in [0.2, 0.25) is 5.91 Å². The summed E-state index contributed by atoms with van der Waals surface area (Å²) in [4.78, 5) is 27.7. The highest BCUT2D eigenvalue weighted by atomic mass is 16.2. The molecule has 6 nitrogen and oxygen atoms in total. The Morgan fingerprint density at radius 2 is 1.91 bits per heavy atom. The van der Waals surface area contributed by atoms with Crippen LogP contribution in [0.3, 0.4) is 0 Å². The zero-order chi connectivity index (χ0) is 16.7. The first-order chi connectivity index (χ1) is 11.1. The van der Waals surface area contributed by atoms with Crippen molar-refractivity contribution in [3.63, 3.8) is 0 Å². The van der Waals surface area contributed by atoms with E-state index in [1.807, 2.05) is 6.92 Å². The zero-order valence-corrected chi connectivity index (χ0v) is 14.0. The van der Waals surface area contributed by atoms with Crippen LogP contribution in [-0.2, 0) is 4.79 Å². The van der Waals surface area contributed by atoms with Gasteiger partial charge in [0.1, 0.15) is 0 Å². The van der Waals surface area contributed by atoms with E-state index in [0.717, 1.165) is 32.6 Å². The molecule has 2 N–H and O–H groups in total. The van der Waals surface area contributed by atoms with E-state index in [4.69, 9.17) is 0 Å². The third kappa shape index (κ3) is 5.56. The number of carbonyl (C=O) groups is 2. The van der Waals surface area contributed by atoms with Crippen molar-refractivity contribution in [2.45, 2.75) is 20.3 Å². The van der Waals surface area contributed by atoms with Gasteiger partial charge in [-0.3, -0.25) is 15.0 Å². The molecule has 1 aromatic carbocycles. The summed E-state index contributed by atoms with van der Waals surface area (Å²) < 4.78 is 0. The Bertz CT molecular complexity index is 539. The number of hydrogen-bond donors (Lipinski definition) is 2. The lowest BCUT2D eigenvalue weighted by atomic mass is 10.2. The van der Waals surface area contributed by atoms with E-state index in [1.54, 1.807) is 0 Å². The SMILES string of the molecule is CCCNC(=O)NC(=O)CN1CCN(c2cccc(C)c2)CC1. The molecule has 23 heavy (non-hydrogen) atoms. The Balaban J connectivity index is 1.74. The summed E-state index contributed by atoms with van der Waals surface area (Å²) in [6.45, 7) is 8.31. The number of rotatable bonds is 5. The van der Waals surface area contributed by atoms with E-state index in [0.29, 0.717) is 6.54 Å². The van der Waals surface area contributed by atoms with Gasteiger partial charge in [-0.25, -0.2) is 4.79 Å². The molecule has 3 amide bonds. The summed E-state index contributed by atoms with van der Waals surface area (Å²) in [5.74, 6) is -0.248. The third-order valence-corrected chi connectivity index (χ3v) is 3.89. The van der Waals surface area contributed by atoms with E-state index in [1.165, 1.54) is 11.3 Å². The van der Waals surface area contributed by atoms with Crippen molar-refractivity contribution < 1.29 is 9.59 Å². The van der Waals surface area contributed by atoms with Crippen LogP contribution in [0.4, 0.5) is 10.5 Å². The summed E-state index contributed by atoms with van der Waals surface area (Å²) in [5, 5.41) is 5.00. The number of aryl methyl sites for hydroxylation is 1. The molecule has 0 atom stereocenters. The highest BCUT2D eigenvalue weighted by Crippen LogP contribution is 2.17. The third-order valence-electron chi connectivity index (χ3n) is 3.89. The molecule has 126 valence electrons. The number of urea groups is 1. The number of benzene rings is 1. The molecule has 1 aliphatic heterocycles. The molecular weight excluding hydrogens is 292 g/mol. The molecule has 0 spiro atoms. The maximum Gasteiger partial charge on any atom is 0.321 e. The number of amides is 3. The van der Waals surface area contributed by atoms with Crippen molar-refractivity contribution >= 4 is 17.6 Å². The van der Waals surface area contributed by atoms with Gasteiger partial charge >= 0.3 is 6.03 Å². The number of nitrogens with one attached hydrogen (secondary N) is 2. The number of hydrogen-bond acceptors (Lipinski definition) is 4. The van der Waals surface area contributed by atoms with Crippen LogP contribution in [0, 0.1) is 6.92 Å². The predicted octanol–water partition coefficient (Wildman–Crippen LogP) is 1.35. The second-order valence-corrected chi connectivity index (χ2v) is 5.91. The van der Waals surface area contributed by atoms with E-state index in [2.05, 4.69) is 51.6 Å². The summed E-state index contributed by atoms with van der Waals surface area (Å²) in [6, 6.07) is 8.05. The molecular formula is C17H26N4O2. The minimum atomic E-state index is -0.407. The van der Waals surface area contributed by atoms with Gasteiger partial charge in [-0.2, -0.15) is 0 Å². The van der Waals surface area contributed by atoms with Crippen molar-refractivity contribution in [1.29, 1.82) is 0 Å². The largest absolute Gasteiger partial charge is 0.369 e. The highest BCUT2D eigenvalue weighted by molar-refractivity contribution is 5.95. The highest BCUT2D eigenvalue weighted by Gasteiger charge is 2.19. The Hall–Kier alpha value is -2.08. The summed E-state index contributed by atoms with van der Waals surface area (Å²) >= 11 is 0. The number of nitrogens with zero attached hydrogens (tertiary/aromatic N) is 2. The molecule has 0 saturated carbocycles. The average molecular weight is 318 g/mol. The second-order valence-electron chi connectivity index (χ2n) is 5.91. The number of imide groups is 1. The lowest BCUT2D eigenvalue weighted by molar-refractivity contribution is -0.121. The van der Waals surface area contributed by atoms with Crippen molar-refractivity contribution in [2.24, 2.45) is 0 Å². The van der Waals surface area contributed by atoms with Crippen LogP contribution < -0.4 is 15.5 Å². The van der Waals surface area contributed by atoms with Gasteiger partial charge in [0.25, 0.3) is 0 Å². The monoisotopic (exact) mass is 318 g/mol. The Kier molecular flexibility index (Phi) is 6.40. The molecule has 1 saturated heterocycles. The maximum absolute atomic E-state index is 11.9. The van der Waals surface area contributed by atoms with Crippen LogP contribution in [-0.4, -0.2) is 56.1 Å². The number of piperazine rings is 1. The standard InChI is InChI=1S/C17H26N4O2/c1-3-7-18-17(23)19-16(22)13-20-8-10-21(11-9-20)15-6-4-5-14(2)12-15/h4-6,12H,3,7-11,13H2,1-2H3,(H2,18,19,22,23). The van der Waals surface area contributed by atoms with E-state index >= 15 is 0 Å². The molecule has 0 unspecified atom stereocenters. The molecule has 1 fully saturated rings. The van der Waals surface area contributed by atoms with Gasteiger partial charge in [-0.1, -0.05) is 19.1 Å². The van der Waals surface area contributed by atoms with Gasteiger partial charge < -0.3 is 10.2 Å². The van der Waals surface area contributed by atoms with Gasteiger partial charge in [0.05, 0.1) is 6.54 Å². The van der Waals surface area contributed by atoms with Gasteiger partial charge in [-0.05, 0) is 31.0 Å². The van der Waals surface area contributed by atoms with Crippen LogP contribution >= 0.6 is 0 Å². The number of anilines is 1. The fraction of sp³-hybridized carbons (Fsp3) is 0.529. The molecule has 0 bridgehead atoms. The number of carbonyl (C=O) groups excluding carboxylic acids is 2. The first-order valence-electron chi connectivity index (χ1n) is 8.20. The second kappa shape index (κ2) is 8.53. The Morgan fingerprint density at radius 3 is 2.57 bits per heavy atom. The van der Waals surface area contributed by atoms with Crippen molar-refractivity contribution in [3.8, 4) is 0 Å². The van der Waals surface area contributed by atoms with Crippen LogP contribution in [0.5, 0.6) is 0 Å². The van der Waals surface area contributed by atoms with Crippen LogP contribution in [0.25, 0.3) is 0 Å². The van der Waals surface area contributed by atoms with Gasteiger partial charge in [-0.15, -0.1) is 0 Å². The normalized spacial score (nSPS) is 15.3. The Labute approximate surface area is 137 Å². The molecule has 0 aliphatic carbocycles.